The van der Waals surface area contributed by atoms with Crippen molar-refractivity contribution in [2.45, 2.75) is 6.42 Å². The van der Waals surface area contributed by atoms with E-state index < -0.39 is 10.0 Å². The van der Waals surface area contributed by atoms with Gasteiger partial charge in [0.25, 0.3) is 0 Å². The van der Waals surface area contributed by atoms with Gasteiger partial charge in [-0.3, -0.25) is 9.52 Å². The summed E-state index contributed by atoms with van der Waals surface area (Å²) in [6.07, 6.45) is 2.71. The first-order chi connectivity index (χ1) is 15.1. The maximum Gasteiger partial charge on any atom is 0.229 e. The minimum atomic E-state index is -3.44. The van der Waals surface area contributed by atoms with Crippen LogP contribution < -0.4 is 14.8 Å². The Morgan fingerprint density at radius 2 is 2.03 bits per heavy atom. The van der Waals surface area contributed by atoms with Crippen molar-refractivity contribution >= 4 is 44.1 Å². The van der Waals surface area contributed by atoms with Crippen LogP contribution in [0.1, 0.15) is 5.69 Å². The van der Waals surface area contributed by atoms with E-state index in [1.165, 1.54) is 7.11 Å². The number of carbonyl (C=O) groups excluding carboxylic acids is 1. The molecule has 0 atom stereocenters. The number of nitrogens with zero attached hydrogens (tertiary/aromatic N) is 4. The Bertz CT molecular complexity index is 1240. The topological polar surface area (TPSA) is 118 Å². The number of fused-ring (bicyclic) bond motifs is 1. The van der Waals surface area contributed by atoms with Gasteiger partial charge in [0.2, 0.25) is 15.9 Å². The summed E-state index contributed by atoms with van der Waals surface area (Å²) in [5.74, 6) is 0.228. The molecule has 0 saturated heterocycles. The molecule has 32 heavy (non-hydrogen) atoms. The average molecular weight is 481 g/mol. The van der Waals surface area contributed by atoms with Crippen LogP contribution in [0.5, 0.6) is 5.75 Å². The third-order valence-electron chi connectivity index (χ3n) is 4.53. The van der Waals surface area contributed by atoms with E-state index in [1.54, 1.807) is 35.1 Å². The van der Waals surface area contributed by atoms with Gasteiger partial charge < -0.3 is 15.0 Å². The number of ether oxygens (including phenoxy) is 1. The molecule has 0 aliphatic heterocycles. The first-order valence-corrected chi connectivity index (χ1v) is 11.9. The van der Waals surface area contributed by atoms with Crippen molar-refractivity contribution in [3.05, 3.63) is 41.3 Å². The number of nitrogens with one attached hydrogen (secondary N) is 2. The highest BCUT2D eigenvalue weighted by atomic mass is 35.5. The smallest absolute Gasteiger partial charge is 0.229 e. The lowest BCUT2D eigenvalue weighted by Gasteiger charge is -2.12. The van der Waals surface area contributed by atoms with Crippen LogP contribution in [0.15, 0.2) is 30.5 Å². The van der Waals surface area contributed by atoms with Gasteiger partial charge in [-0.05, 0) is 26.2 Å². The Morgan fingerprint density at radius 1 is 1.28 bits per heavy atom. The number of hydrogen-bond acceptors (Lipinski definition) is 7. The minimum absolute atomic E-state index is 0.0657. The van der Waals surface area contributed by atoms with E-state index in [1.807, 2.05) is 19.0 Å². The number of methoxy groups -OCH3 is 1. The molecular formula is C20H25ClN6O4S. The fourth-order valence-electron chi connectivity index (χ4n) is 3.12. The van der Waals surface area contributed by atoms with Crippen molar-refractivity contribution in [3.8, 4) is 11.4 Å². The van der Waals surface area contributed by atoms with E-state index in [4.69, 9.17) is 16.3 Å². The monoisotopic (exact) mass is 480 g/mol. The quantitative estimate of drug-likeness (QED) is 0.447. The summed E-state index contributed by atoms with van der Waals surface area (Å²) >= 11 is 6.12. The SMILES string of the molecule is COc1cc(NS(C)(=O)=O)ccc1-n1nc(CC(=O)NCCN(C)C)c2cnc(Cl)cc21. The molecule has 0 unspecified atom stereocenters. The molecule has 0 bridgehead atoms. The third kappa shape index (κ3) is 5.87. The molecule has 3 rings (SSSR count). The number of halogens is 1. The molecule has 10 nitrogen and oxygen atoms in total. The highest BCUT2D eigenvalue weighted by Gasteiger charge is 2.18. The predicted octanol–water partition coefficient (Wildman–Crippen LogP) is 1.67. The fourth-order valence-corrected chi connectivity index (χ4v) is 3.83. The molecule has 172 valence electrons. The maximum atomic E-state index is 12.4. The summed E-state index contributed by atoms with van der Waals surface area (Å²) in [6.45, 7) is 1.25. The lowest BCUT2D eigenvalue weighted by Crippen LogP contribution is -2.32. The standard InChI is InChI=1S/C20H25ClN6O4S/c1-26(2)8-7-22-20(28)10-15-14-12-23-19(21)11-17(14)27(24-15)16-6-5-13(9-18(16)31-3)25-32(4,29)30/h5-6,9,11-12,25H,7-8,10H2,1-4H3,(H,22,28). The van der Waals surface area contributed by atoms with E-state index in [0.717, 1.165) is 12.8 Å². The van der Waals surface area contributed by atoms with Gasteiger partial charge in [0.05, 0.1) is 36.7 Å². The molecule has 0 fully saturated rings. The van der Waals surface area contributed by atoms with Gasteiger partial charge in [-0.2, -0.15) is 5.10 Å². The second-order valence-corrected chi connectivity index (χ2v) is 9.61. The van der Waals surface area contributed by atoms with Crippen molar-refractivity contribution < 1.29 is 17.9 Å². The number of pyridine rings is 1. The molecule has 1 aromatic carbocycles. The van der Waals surface area contributed by atoms with Crippen molar-refractivity contribution in [3.63, 3.8) is 0 Å². The lowest BCUT2D eigenvalue weighted by molar-refractivity contribution is -0.120. The van der Waals surface area contributed by atoms with Crippen LogP contribution in [-0.2, 0) is 21.2 Å². The molecule has 0 aliphatic rings. The zero-order valence-electron chi connectivity index (χ0n) is 18.2. The van der Waals surface area contributed by atoms with Crippen molar-refractivity contribution in [1.29, 1.82) is 0 Å². The number of hydrogen-bond donors (Lipinski definition) is 2. The molecule has 0 aliphatic carbocycles. The molecule has 1 amide bonds. The Hall–Kier alpha value is -2.89. The summed E-state index contributed by atoms with van der Waals surface area (Å²) in [4.78, 5) is 18.5. The van der Waals surface area contributed by atoms with Gasteiger partial charge in [0.1, 0.15) is 16.6 Å². The minimum Gasteiger partial charge on any atom is -0.494 e. The van der Waals surface area contributed by atoms with Gasteiger partial charge in [-0.25, -0.2) is 18.1 Å². The van der Waals surface area contributed by atoms with Gasteiger partial charge >= 0.3 is 0 Å². The second-order valence-electron chi connectivity index (χ2n) is 7.47. The summed E-state index contributed by atoms with van der Waals surface area (Å²) < 4.78 is 32.6. The molecule has 12 heteroatoms. The first kappa shape index (κ1) is 23.8. The summed E-state index contributed by atoms with van der Waals surface area (Å²) in [5, 5.41) is 8.45. The number of anilines is 1. The van der Waals surface area contributed by atoms with E-state index >= 15 is 0 Å². The van der Waals surface area contributed by atoms with Crippen LogP contribution in [0, 0.1) is 0 Å². The lowest BCUT2D eigenvalue weighted by atomic mass is 10.2. The molecule has 2 heterocycles. The molecular weight excluding hydrogens is 456 g/mol. The molecule has 0 radical (unpaired) electrons. The Kier molecular flexibility index (Phi) is 7.22. The van der Waals surface area contributed by atoms with Crippen molar-refractivity contribution in [2.75, 3.05) is 45.3 Å². The number of sulfonamides is 1. The average Bonchev–Trinajstić information content (AvgIpc) is 3.03. The summed E-state index contributed by atoms with van der Waals surface area (Å²) in [6, 6.07) is 6.48. The molecule has 0 saturated carbocycles. The first-order valence-electron chi connectivity index (χ1n) is 9.68. The Morgan fingerprint density at radius 3 is 2.69 bits per heavy atom. The van der Waals surface area contributed by atoms with Crippen LogP contribution in [0.3, 0.4) is 0 Å². The van der Waals surface area contributed by atoms with Gasteiger partial charge in [-0.1, -0.05) is 11.6 Å². The van der Waals surface area contributed by atoms with Crippen molar-refractivity contribution in [1.82, 2.24) is 25.0 Å². The fraction of sp³-hybridized carbons (Fsp3) is 0.350. The summed E-state index contributed by atoms with van der Waals surface area (Å²) in [5.41, 5.74) is 2.08. The number of amides is 1. The van der Waals surface area contributed by atoms with Crippen LogP contribution in [-0.4, -0.2) is 74.5 Å². The number of carbonyl (C=O) groups is 1. The van der Waals surface area contributed by atoms with E-state index in [9.17, 15) is 13.2 Å². The highest BCUT2D eigenvalue weighted by molar-refractivity contribution is 7.92. The number of likely N-dealkylation sites (N-methyl/N-ethyl adjacent to an activating group) is 1. The third-order valence-corrected chi connectivity index (χ3v) is 5.34. The normalized spacial score (nSPS) is 11.7. The largest absolute Gasteiger partial charge is 0.494 e. The zero-order valence-corrected chi connectivity index (χ0v) is 19.8. The predicted molar refractivity (Wildman–Crippen MR) is 124 cm³/mol. The maximum absolute atomic E-state index is 12.4. The number of benzene rings is 1. The molecule has 3 aromatic rings. The molecule has 0 spiro atoms. The highest BCUT2D eigenvalue weighted by Crippen LogP contribution is 2.31. The van der Waals surface area contributed by atoms with E-state index in [0.29, 0.717) is 40.3 Å². The second kappa shape index (κ2) is 9.72. The number of rotatable bonds is 9. The van der Waals surface area contributed by atoms with Gasteiger partial charge in [-0.15, -0.1) is 0 Å². The van der Waals surface area contributed by atoms with Crippen molar-refractivity contribution in [2.24, 2.45) is 0 Å². The van der Waals surface area contributed by atoms with Crippen LogP contribution in [0.2, 0.25) is 5.15 Å². The number of aromatic nitrogens is 3. The molecule has 2 N–H and O–H groups in total. The van der Waals surface area contributed by atoms with Crippen LogP contribution in [0.4, 0.5) is 5.69 Å². The van der Waals surface area contributed by atoms with Gasteiger partial charge in [0.15, 0.2) is 0 Å². The Balaban J connectivity index is 2.00. The Labute approximate surface area is 191 Å². The molecule has 2 aromatic heterocycles. The van der Waals surface area contributed by atoms with Crippen LogP contribution >= 0.6 is 11.6 Å². The van der Waals surface area contributed by atoms with E-state index in [2.05, 4.69) is 20.1 Å². The van der Waals surface area contributed by atoms with Crippen LogP contribution in [0.25, 0.3) is 16.6 Å². The summed E-state index contributed by atoms with van der Waals surface area (Å²) in [7, 11) is 1.89. The van der Waals surface area contributed by atoms with E-state index in [-0.39, 0.29) is 17.5 Å². The van der Waals surface area contributed by atoms with Gasteiger partial charge in [0, 0.05) is 36.8 Å². The zero-order chi connectivity index (χ0) is 23.5.